The molecule has 0 saturated carbocycles. The van der Waals surface area contributed by atoms with Crippen molar-refractivity contribution in [3.63, 3.8) is 0 Å². The van der Waals surface area contributed by atoms with Crippen LogP contribution >= 0.6 is 0 Å². The van der Waals surface area contributed by atoms with Gasteiger partial charge < -0.3 is 19.0 Å². The van der Waals surface area contributed by atoms with Gasteiger partial charge in [-0.2, -0.15) is 0 Å². The molecule has 2 aromatic heterocycles. The number of primary sulfonamides is 1. The minimum atomic E-state index is -3.80. The van der Waals surface area contributed by atoms with E-state index in [1.807, 2.05) is 36.4 Å². The number of oxazole rings is 1. The average molecular weight is 522 g/mol. The van der Waals surface area contributed by atoms with E-state index >= 15 is 0 Å². The third kappa shape index (κ3) is 5.79. The van der Waals surface area contributed by atoms with Crippen LogP contribution in [0, 0.1) is 0 Å². The highest BCUT2D eigenvalue weighted by Gasteiger charge is 2.32. The van der Waals surface area contributed by atoms with Gasteiger partial charge in [-0.15, -0.1) is 0 Å². The molecule has 1 fully saturated rings. The zero-order valence-electron chi connectivity index (χ0n) is 20.0. The number of rotatable bonds is 8. The van der Waals surface area contributed by atoms with E-state index in [0.717, 1.165) is 16.7 Å². The molecule has 3 heterocycles. The van der Waals surface area contributed by atoms with Crippen molar-refractivity contribution in [1.29, 1.82) is 0 Å². The van der Waals surface area contributed by atoms with Crippen molar-refractivity contribution in [3.8, 4) is 22.6 Å². The Hall–Kier alpha value is -3.41. The minimum Gasteiger partial charge on any atom is -0.437 e. The van der Waals surface area contributed by atoms with Crippen LogP contribution in [0.25, 0.3) is 22.6 Å². The van der Waals surface area contributed by atoms with Crippen LogP contribution in [0.1, 0.15) is 29.9 Å². The van der Waals surface area contributed by atoms with E-state index in [-0.39, 0.29) is 18.1 Å². The van der Waals surface area contributed by atoms with Gasteiger partial charge in [-0.05, 0) is 35.9 Å². The lowest BCUT2D eigenvalue weighted by atomic mass is 9.87. The molecule has 0 aliphatic carbocycles. The first kappa shape index (κ1) is 25.2. The highest BCUT2D eigenvalue weighted by atomic mass is 32.2. The summed E-state index contributed by atoms with van der Waals surface area (Å²) < 4.78 is 40.6. The lowest BCUT2D eigenvalue weighted by molar-refractivity contribution is -0.0682. The van der Waals surface area contributed by atoms with Crippen molar-refractivity contribution in [2.45, 2.75) is 36.6 Å². The van der Waals surface area contributed by atoms with Crippen LogP contribution in [0.4, 0.5) is 0 Å². The smallest absolute Gasteiger partial charge is 0.238 e. The lowest BCUT2D eigenvalue weighted by Crippen LogP contribution is -2.33. The molecule has 1 aliphatic rings. The maximum Gasteiger partial charge on any atom is 0.238 e. The Bertz CT molecular complexity index is 1460. The summed E-state index contributed by atoms with van der Waals surface area (Å²) in [5.41, 5.74) is 2.77. The van der Waals surface area contributed by atoms with Gasteiger partial charge in [0.2, 0.25) is 15.9 Å². The summed E-state index contributed by atoms with van der Waals surface area (Å²) in [7, 11) is -3.80. The number of sulfonamides is 1. The van der Waals surface area contributed by atoms with Gasteiger partial charge in [0.1, 0.15) is 12.3 Å². The molecule has 0 atom stereocenters. The van der Waals surface area contributed by atoms with Gasteiger partial charge in [-0.25, -0.2) is 18.5 Å². The molecule has 0 unspecified atom stereocenters. The molecule has 10 heteroatoms. The highest BCUT2D eigenvalue weighted by Crippen LogP contribution is 2.34. The quantitative estimate of drug-likeness (QED) is 0.357. The fourth-order valence-corrected chi connectivity index (χ4v) is 4.80. The number of ether oxygens (including phenoxy) is 2. The zero-order valence-corrected chi connectivity index (χ0v) is 20.9. The van der Waals surface area contributed by atoms with Crippen molar-refractivity contribution in [2.75, 3.05) is 13.2 Å². The summed E-state index contributed by atoms with van der Waals surface area (Å²) in [6, 6.07) is 17.6. The monoisotopic (exact) mass is 521 g/mol. The predicted octanol–water partition coefficient (Wildman–Crippen LogP) is 3.77. The van der Waals surface area contributed by atoms with Gasteiger partial charge in [0.05, 0.1) is 17.1 Å². The first-order chi connectivity index (χ1) is 17.8. The average Bonchev–Trinajstić information content (AvgIpc) is 3.34. The van der Waals surface area contributed by atoms with Crippen LogP contribution in [0.15, 0.2) is 82.4 Å². The van der Waals surface area contributed by atoms with Gasteiger partial charge >= 0.3 is 0 Å². The van der Waals surface area contributed by atoms with Crippen LogP contribution in [0.2, 0.25) is 0 Å². The fourth-order valence-electron chi connectivity index (χ4n) is 4.28. The Balaban J connectivity index is 1.35. The maximum atomic E-state index is 11.6. The number of aliphatic hydroxyl groups is 1. The van der Waals surface area contributed by atoms with Gasteiger partial charge in [-0.3, -0.25) is 4.98 Å². The molecule has 37 heavy (non-hydrogen) atoms. The van der Waals surface area contributed by atoms with Crippen molar-refractivity contribution in [1.82, 2.24) is 9.97 Å². The Morgan fingerprint density at radius 3 is 2.41 bits per heavy atom. The molecular weight excluding hydrogens is 494 g/mol. The number of benzene rings is 2. The van der Waals surface area contributed by atoms with Gasteiger partial charge in [-0.1, -0.05) is 30.3 Å². The summed E-state index contributed by atoms with van der Waals surface area (Å²) in [4.78, 5) is 8.95. The summed E-state index contributed by atoms with van der Waals surface area (Å²) in [5, 5.41) is 16.2. The number of aromatic nitrogens is 2. The van der Waals surface area contributed by atoms with E-state index in [0.29, 0.717) is 49.0 Å². The van der Waals surface area contributed by atoms with Crippen LogP contribution < -0.4 is 5.14 Å². The van der Waals surface area contributed by atoms with Crippen molar-refractivity contribution >= 4 is 10.0 Å². The second-order valence-corrected chi connectivity index (χ2v) is 10.5. The SMILES string of the molecule is NS(=O)(=O)c1ccc(-c2oc(COCc3cncc(C4(O)CCOCC4)c3)nc2-c2ccccc2)cc1. The molecule has 0 radical (unpaired) electrons. The number of nitrogens with zero attached hydrogens (tertiary/aromatic N) is 2. The molecule has 192 valence electrons. The van der Waals surface area contributed by atoms with E-state index in [2.05, 4.69) is 9.97 Å². The minimum absolute atomic E-state index is 0.0156. The lowest BCUT2D eigenvalue weighted by Gasteiger charge is -2.32. The molecular formula is C27H27N3O6S. The van der Waals surface area contributed by atoms with E-state index in [9.17, 15) is 13.5 Å². The Morgan fingerprint density at radius 2 is 1.70 bits per heavy atom. The zero-order chi connectivity index (χ0) is 25.9. The second-order valence-electron chi connectivity index (χ2n) is 8.94. The fraction of sp³-hybridized carbons (Fsp3) is 0.259. The number of nitrogens with two attached hydrogens (primary N) is 1. The molecule has 9 nitrogen and oxygen atoms in total. The van der Waals surface area contributed by atoms with Gasteiger partial charge in [0.25, 0.3) is 0 Å². The van der Waals surface area contributed by atoms with Crippen molar-refractivity contribution in [2.24, 2.45) is 5.14 Å². The predicted molar refractivity (Wildman–Crippen MR) is 135 cm³/mol. The van der Waals surface area contributed by atoms with Crippen molar-refractivity contribution in [3.05, 3.63) is 90.1 Å². The number of pyridine rings is 1. The Morgan fingerprint density at radius 1 is 0.973 bits per heavy atom. The van der Waals surface area contributed by atoms with Gasteiger partial charge in [0, 0.05) is 55.1 Å². The molecule has 4 aromatic rings. The standard InChI is InChI=1S/C27H27N3O6S/c28-37(32,33)23-8-6-21(7-9-23)26-25(20-4-2-1-3-5-20)30-24(36-26)18-35-17-19-14-22(16-29-15-19)27(31)10-12-34-13-11-27/h1-9,14-16,31H,10-13,17-18H2,(H2,28,32,33). The Labute approximate surface area is 215 Å². The third-order valence-electron chi connectivity index (χ3n) is 6.31. The second kappa shape index (κ2) is 10.5. The number of hydrogen-bond donors (Lipinski definition) is 2. The van der Waals surface area contributed by atoms with Crippen molar-refractivity contribution < 1.29 is 27.4 Å². The molecule has 1 aliphatic heterocycles. The topological polar surface area (TPSA) is 138 Å². The first-order valence-corrected chi connectivity index (χ1v) is 13.4. The molecule has 2 aromatic carbocycles. The molecule has 0 bridgehead atoms. The van der Waals surface area contributed by atoms with E-state index in [4.69, 9.17) is 19.0 Å². The number of hydrogen-bond acceptors (Lipinski definition) is 8. The summed E-state index contributed by atoms with van der Waals surface area (Å²) in [5.74, 6) is 0.868. The first-order valence-electron chi connectivity index (χ1n) is 11.8. The largest absolute Gasteiger partial charge is 0.437 e. The van der Waals surface area contributed by atoms with E-state index in [1.54, 1.807) is 24.5 Å². The summed E-state index contributed by atoms with van der Waals surface area (Å²) >= 11 is 0. The van der Waals surface area contributed by atoms with Gasteiger partial charge in [0.15, 0.2) is 5.76 Å². The van der Waals surface area contributed by atoms with E-state index < -0.39 is 15.6 Å². The Kier molecular flexibility index (Phi) is 7.18. The molecule has 0 spiro atoms. The van der Waals surface area contributed by atoms with Crippen LogP contribution in [-0.2, 0) is 38.3 Å². The molecule has 1 saturated heterocycles. The normalized spacial score (nSPS) is 15.5. The summed E-state index contributed by atoms with van der Waals surface area (Å²) in [6.07, 6.45) is 4.44. The molecule has 5 rings (SSSR count). The molecule has 0 amide bonds. The summed E-state index contributed by atoms with van der Waals surface area (Å²) in [6.45, 7) is 1.39. The molecule has 3 N–H and O–H groups in total. The van der Waals surface area contributed by atoms with Crippen LogP contribution in [0.5, 0.6) is 0 Å². The maximum absolute atomic E-state index is 11.6. The highest BCUT2D eigenvalue weighted by molar-refractivity contribution is 7.89. The van der Waals surface area contributed by atoms with E-state index in [1.165, 1.54) is 12.1 Å². The van der Waals surface area contributed by atoms with Crippen LogP contribution in [0.3, 0.4) is 0 Å². The van der Waals surface area contributed by atoms with Crippen LogP contribution in [-0.4, -0.2) is 36.7 Å². The third-order valence-corrected chi connectivity index (χ3v) is 7.24.